The molecule has 4 aliphatic heterocycles. The van der Waals surface area contributed by atoms with Crippen LogP contribution in [0, 0.1) is 0 Å². The molecule has 4 heterocycles. The van der Waals surface area contributed by atoms with E-state index < -0.39 is 92.0 Å². The predicted octanol–water partition coefficient (Wildman–Crippen LogP) is 2.13. The van der Waals surface area contributed by atoms with Gasteiger partial charge in [-0.3, -0.25) is 14.4 Å². The second-order valence-corrected chi connectivity index (χ2v) is 12.6. The fourth-order valence-electron chi connectivity index (χ4n) is 5.75. The largest absolute Gasteiger partial charge is 0.463 e. The van der Waals surface area contributed by atoms with Gasteiger partial charge in [0.2, 0.25) is 0 Å². The number of carbonyl (C=O) groups is 3. The van der Waals surface area contributed by atoms with Gasteiger partial charge in [0.15, 0.2) is 18.7 Å². The van der Waals surface area contributed by atoms with E-state index in [1.807, 2.05) is 6.92 Å². The number of rotatable bonds is 4. The van der Waals surface area contributed by atoms with E-state index in [-0.39, 0.29) is 13.0 Å². The van der Waals surface area contributed by atoms with Crippen molar-refractivity contribution in [1.82, 2.24) is 0 Å². The van der Waals surface area contributed by atoms with E-state index in [4.69, 9.17) is 33.2 Å². The zero-order valence-electron chi connectivity index (χ0n) is 28.2. The lowest BCUT2D eigenvalue weighted by atomic mass is 9.97. The first kappa shape index (κ1) is 40.0. The highest BCUT2D eigenvalue weighted by molar-refractivity contribution is 5.69. The van der Waals surface area contributed by atoms with Gasteiger partial charge in [0.05, 0.1) is 6.10 Å². The number of aliphatic hydroxyl groups excluding tert-OH is 4. The fraction of sp³-hybridized carbons (Fsp3) is 0.794. The van der Waals surface area contributed by atoms with Gasteiger partial charge < -0.3 is 53.6 Å². The topological polar surface area (TPSA) is 197 Å². The number of hydrogen-bond donors (Lipinski definition) is 4. The average Bonchev–Trinajstić information content (AvgIpc) is 3.03. The van der Waals surface area contributed by atoms with Crippen molar-refractivity contribution >= 4 is 17.9 Å². The van der Waals surface area contributed by atoms with E-state index in [2.05, 4.69) is 24.3 Å². The molecule has 2 bridgehead atoms. The molecule has 4 aliphatic rings. The summed E-state index contributed by atoms with van der Waals surface area (Å²) in [5.74, 6) is -1.88. The van der Waals surface area contributed by atoms with Gasteiger partial charge in [-0.15, -0.1) is 0 Å². The van der Waals surface area contributed by atoms with Crippen LogP contribution in [0.15, 0.2) is 24.3 Å². The molecule has 4 rings (SSSR count). The summed E-state index contributed by atoms with van der Waals surface area (Å²) in [6.07, 6.45) is 1.67. The number of ether oxygens (including phenoxy) is 7. The Morgan fingerprint density at radius 1 is 0.688 bits per heavy atom. The van der Waals surface area contributed by atoms with Crippen LogP contribution in [0.4, 0.5) is 0 Å². The molecule has 0 saturated carbocycles. The second kappa shape index (κ2) is 20.9. The first-order valence-electron chi connectivity index (χ1n) is 17.1. The number of allylic oxidation sites excluding steroid dienone is 4. The van der Waals surface area contributed by atoms with Crippen LogP contribution in [-0.4, -0.2) is 119 Å². The summed E-state index contributed by atoms with van der Waals surface area (Å²) < 4.78 is 39.5. The number of hydrogen-bond acceptors (Lipinski definition) is 14. The summed E-state index contributed by atoms with van der Waals surface area (Å²) in [7, 11) is 0. The Morgan fingerprint density at radius 3 is 1.96 bits per heavy atom. The number of aliphatic hydroxyl groups is 4. The number of esters is 3. The van der Waals surface area contributed by atoms with E-state index in [0.29, 0.717) is 12.8 Å². The van der Waals surface area contributed by atoms with Crippen molar-refractivity contribution in [2.24, 2.45) is 0 Å². The second-order valence-electron chi connectivity index (χ2n) is 12.6. The minimum Gasteiger partial charge on any atom is -0.463 e. The Morgan fingerprint density at radius 2 is 1.27 bits per heavy atom. The lowest BCUT2D eigenvalue weighted by molar-refractivity contribution is -0.371. The Labute approximate surface area is 282 Å². The molecule has 0 aromatic heterocycles. The predicted molar refractivity (Wildman–Crippen MR) is 169 cm³/mol. The SMILES string of the molecule is CC(=O)OC[C@H]1O[C@H]2OC(C)CCC/C=C\C/C=C\CCCCCCCC(=O)O[C@H]3[C@H](O)[C@@H](O)[C@H](O[C@@H]2[C@@H](O)[C@@H]1O)O[C@@H]3COC(C)=O. The lowest BCUT2D eigenvalue weighted by Gasteiger charge is -2.47. The third-order valence-electron chi connectivity index (χ3n) is 8.45. The molecule has 274 valence electrons. The summed E-state index contributed by atoms with van der Waals surface area (Å²) in [6, 6.07) is 0. The van der Waals surface area contributed by atoms with Crippen LogP contribution in [0.3, 0.4) is 0 Å². The Bertz CT molecular complexity index is 1050. The summed E-state index contributed by atoms with van der Waals surface area (Å²) in [5.41, 5.74) is 0. The van der Waals surface area contributed by atoms with Crippen molar-refractivity contribution < 1.29 is 68.0 Å². The molecule has 4 N–H and O–H groups in total. The van der Waals surface area contributed by atoms with Crippen LogP contribution in [0.25, 0.3) is 0 Å². The Balaban J connectivity index is 1.83. The molecule has 0 aliphatic carbocycles. The molecule has 14 nitrogen and oxygen atoms in total. The molecule has 0 amide bonds. The maximum Gasteiger partial charge on any atom is 0.306 e. The molecular weight excluding hydrogens is 632 g/mol. The minimum absolute atomic E-state index is 0.0843. The highest BCUT2D eigenvalue weighted by atomic mass is 16.8. The highest BCUT2D eigenvalue weighted by Crippen LogP contribution is 2.32. The molecule has 2 saturated heterocycles. The van der Waals surface area contributed by atoms with Crippen molar-refractivity contribution in [1.29, 1.82) is 0 Å². The third-order valence-corrected chi connectivity index (χ3v) is 8.45. The van der Waals surface area contributed by atoms with E-state index >= 15 is 0 Å². The molecule has 0 spiro atoms. The normalized spacial score (nSPS) is 38.1. The smallest absolute Gasteiger partial charge is 0.306 e. The van der Waals surface area contributed by atoms with Crippen LogP contribution in [-0.2, 0) is 47.5 Å². The summed E-state index contributed by atoms with van der Waals surface area (Å²) in [5, 5.41) is 44.2. The molecule has 48 heavy (non-hydrogen) atoms. The maximum absolute atomic E-state index is 12.7. The minimum atomic E-state index is -1.79. The van der Waals surface area contributed by atoms with Gasteiger partial charge in [0.25, 0.3) is 0 Å². The van der Waals surface area contributed by atoms with Crippen LogP contribution in [0.2, 0.25) is 0 Å². The molecule has 0 radical (unpaired) electrons. The zero-order chi connectivity index (χ0) is 35.1. The number of carbonyl (C=O) groups excluding carboxylic acids is 3. The fourth-order valence-corrected chi connectivity index (χ4v) is 5.75. The van der Waals surface area contributed by atoms with Crippen molar-refractivity contribution in [2.75, 3.05) is 13.2 Å². The summed E-state index contributed by atoms with van der Waals surface area (Å²) >= 11 is 0. The molecule has 1 unspecified atom stereocenters. The van der Waals surface area contributed by atoms with Gasteiger partial charge in [0, 0.05) is 20.3 Å². The monoisotopic (exact) mass is 686 g/mol. The van der Waals surface area contributed by atoms with Gasteiger partial charge in [-0.25, -0.2) is 0 Å². The molecule has 0 aromatic rings. The van der Waals surface area contributed by atoms with Gasteiger partial charge >= 0.3 is 17.9 Å². The Kier molecular flexibility index (Phi) is 17.4. The van der Waals surface area contributed by atoms with Crippen molar-refractivity contribution in [3.05, 3.63) is 24.3 Å². The van der Waals surface area contributed by atoms with Crippen molar-refractivity contribution in [3.63, 3.8) is 0 Å². The molecule has 2 fully saturated rings. The van der Waals surface area contributed by atoms with Gasteiger partial charge in [-0.1, -0.05) is 43.6 Å². The van der Waals surface area contributed by atoms with Crippen molar-refractivity contribution in [3.8, 4) is 0 Å². The van der Waals surface area contributed by atoms with E-state index in [0.717, 1.165) is 51.4 Å². The standard InChI is InChI=1S/C34H54O14/c1-21-17-15-13-11-9-7-5-4-6-8-10-12-14-16-18-26(37)47-31-25(20-43-23(3)36)46-33(30(41)29(31)40)48-32-28(39)27(38)24(19-42-22(2)35)45-34(32)44-21/h4-5,9,11,21,24-25,27-34,38-41H,6-8,10,12-20H2,1-3H3/b5-4-,11-9-/t21?,24-,25-,27-,28+,29-,30-,31-,32-,33+,34-/m1/s1. The lowest BCUT2D eigenvalue weighted by Crippen LogP contribution is -2.65. The highest BCUT2D eigenvalue weighted by Gasteiger charge is 2.52. The quantitative estimate of drug-likeness (QED) is 0.191. The van der Waals surface area contributed by atoms with E-state index in [9.17, 15) is 34.8 Å². The van der Waals surface area contributed by atoms with Crippen molar-refractivity contribution in [2.45, 2.75) is 159 Å². The maximum atomic E-state index is 12.7. The van der Waals surface area contributed by atoms with Crippen LogP contribution >= 0.6 is 0 Å². The van der Waals surface area contributed by atoms with Crippen LogP contribution in [0.1, 0.15) is 91.4 Å². The third kappa shape index (κ3) is 13.1. The van der Waals surface area contributed by atoms with E-state index in [1.165, 1.54) is 13.8 Å². The number of fused-ring (bicyclic) bond motifs is 18. The molecule has 14 heteroatoms. The van der Waals surface area contributed by atoms with Gasteiger partial charge in [-0.05, 0) is 51.9 Å². The zero-order valence-corrected chi connectivity index (χ0v) is 28.2. The summed E-state index contributed by atoms with van der Waals surface area (Å²) in [6.45, 7) is 3.37. The first-order valence-corrected chi connectivity index (χ1v) is 17.1. The van der Waals surface area contributed by atoms with Gasteiger partial charge in [-0.2, -0.15) is 0 Å². The molecular formula is C34H54O14. The van der Waals surface area contributed by atoms with Crippen LogP contribution < -0.4 is 0 Å². The molecule has 11 atom stereocenters. The molecule has 0 aromatic carbocycles. The average molecular weight is 687 g/mol. The Hall–Kier alpha value is -2.43. The first-order chi connectivity index (χ1) is 23.0. The summed E-state index contributed by atoms with van der Waals surface area (Å²) in [4.78, 5) is 35.8. The van der Waals surface area contributed by atoms with Crippen LogP contribution in [0.5, 0.6) is 0 Å². The van der Waals surface area contributed by atoms with E-state index in [1.54, 1.807) is 0 Å². The van der Waals surface area contributed by atoms with Gasteiger partial charge in [0.1, 0.15) is 55.9 Å².